The summed E-state index contributed by atoms with van der Waals surface area (Å²) in [5.74, 6) is -0.0870. The summed E-state index contributed by atoms with van der Waals surface area (Å²) in [7, 11) is 4.28. The van der Waals surface area contributed by atoms with Crippen molar-refractivity contribution in [3.8, 4) is 0 Å². The molecule has 0 saturated heterocycles. The summed E-state index contributed by atoms with van der Waals surface area (Å²) in [6, 6.07) is 18.1. The molecule has 1 aliphatic carbocycles. The summed E-state index contributed by atoms with van der Waals surface area (Å²) in [4.78, 5) is 2.29. The molecule has 0 saturated carbocycles. The van der Waals surface area contributed by atoms with Crippen LogP contribution in [-0.2, 0) is 6.42 Å². The van der Waals surface area contributed by atoms with Crippen LogP contribution in [0.25, 0.3) is 0 Å². The minimum absolute atomic E-state index is 0. The van der Waals surface area contributed by atoms with E-state index >= 15 is 0 Å². The molecule has 1 aliphatic rings. The number of likely N-dealkylation sites (N-methyl/N-ethyl adjacent to an activating group) is 1. The van der Waals surface area contributed by atoms with Gasteiger partial charge in [0.2, 0.25) is 0 Å². The van der Waals surface area contributed by atoms with Gasteiger partial charge in [0, 0.05) is 0 Å². The van der Waals surface area contributed by atoms with Crippen LogP contribution in [-0.4, -0.2) is 19.0 Å². The molecule has 0 spiro atoms. The maximum atomic E-state index is 14.1. The van der Waals surface area contributed by atoms with E-state index in [0.29, 0.717) is 0 Å². The zero-order valence-electron chi connectivity index (χ0n) is 15.0. The molecule has 1 nitrogen and oxygen atoms in total. The van der Waals surface area contributed by atoms with Gasteiger partial charge in [-0.3, -0.25) is 4.90 Å². The van der Waals surface area contributed by atoms with Crippen LogP contribution >= 0.6 is 12.4 Å². The number of benzene rings is 2. The Hall–Kier alpha value is -1.64. The summed E-state index contributed by atoms with van der Waals surface area (Å²) < 4.78 is 14.1. The Balaban J connectivity index is 0.00000225. The highest BCUT2D eigenvalue weighted by molar-refractivity contribution is 5.85. The van der Waals surface area contributed by atoms with Gasteiger partial charge in [0.05, 0.1) is 6.04 Å². The first-order chi connectivity index (χ1) is 11.7. The first kappa shape index (κ1) is 19.7. The Bertz CT molecular complexity index is 709. The van der Waals surface area contributed by atoms with E-state index in [1.54, 1.807) is 12.1 Å². The van der Waals surface area contributed by atoms with E-state index in [0.717, 1.165) is 24.8 Å². The van der Waals surface area contributed by atoms with Gasteiger partial charge in [-0.2, -0.15) is 0 Å². The number of nitrogens with zero attached hydrogens (tertiary/aromatic N) is 1. The fourth-order valence-electron chi connectivity index (χ4n) is 3.84. The van der Waals surface area contributed by atoms with Crippen LogP contribution in [0.3, 0.4) is 0 Å². The molecule has 0 N–H and O–H groups in total. The van der Waals surface area contributed by atoms with E-state index in [2.05, 4.69) is 49.3 Å². The lowest BCUT2D eigenvalue weighted by atomic mass is 9.82. The first-order valence-electron chi connectivity index (χ1n) is 8.82. The third-order valence-corrected chi connectivity index (χ3v) is 4.95. The normalized spacial score (nSPS) is 15.8. The summed E-state index contributed by atoms with van der Waals surface area (Å²) in [6.45, 7) is 0. The standard InChI is InChI=1S/C22H26FN.ClH/c1-24(2)22(17-10-4-3-5-11-17)20-14-8-6-12-18(20)16-19-13-7-9-15-21(19)23;/h3-5,7,9-11,13,15,22H,6,8,12,14,16H2,1-2H3;1H. The van der Waals surface area contributed by atoms with Gasteiger partial charge in [0.25, 0.3) is 0 Å². The van der Waals surface area contributed by atoms with Crippen LogP contribution in [0.15, 0.2) is 65.7 Å². The van der Waals surface area contributed by atoms with E-state index in [9.17, 15) is 4.39 Å². The second-order valence-electron chi connectivity index (χ2n) is 6.88. The maximum absolute atomic E-state index is 14.1. The predicted molar refractivity (Wildman–Crippen MR) is 106 cm³/mol. The Morgan fingerprint density at radius 3 is 2.24 bits per heavy atom. The number of rotatable bonds is 5. The molecule has 3 rings (SSSR count). The van der Waals surface area contributed by atoms with Crippen molar-refractivity contribution in [2.75, 3.05) is 14.1 Å². The Labute approximate surface area is 157 Å². The van der Waals surface area contributed by atoms with Gasteiger partial charge in [-0.15, -0.1) is 12.4 Å². The second-order valence-corrected chi connectivity index (χ2v) is 6.88. The van der Waals surface area contributed by atoms with Crippen molar-refractivity contribution in [3.63, 3.8) is 0 Å². The van der Waals surface area contributed by atoms with Crippen LogP contribution in [0, 0.1) is 5.82 Å². The molecule has 0 heterocycles. The molecule has 0 fully saturated rings. The van der Waals surface area contributed by atoms with Gasteiger partial charge < -0.3 is 0 Å². The van der Waals surface area contributed by atoms with Gasteiger partial charge in [-0.25, -0.2) is 4.39 Å². The molecule has 2 aromatic carbocycles. The lowest BCUT2D eigenvalue weighted by Gasteiger charge is -2.32. The number of allylic oxidation sites excluding steroid dienone is 1. The molecular weight excluding hydrogens is 333 g/mol. The average molecular weight is 360 g/mol. The summed E-state index contributed by atoms with van der Waals surface area (Å²) >= 11 is 0. The number of hydrogen-bond acceptors (Lipinski definition) is 1. The molecular formula is C22H27ClFN. The highest BCUT2D eigenvalue weighted by Crippen LogP contribution is 2.38. The Morgan fingerprint density at radius 1 is 0.920 bits per heavy atom. The molecule has 0 bridgehead atoms. The smallest absolute Gasteiger partial charge is 0.126 e. The molecule has 1 unspecified atom stereocenters. The summed E-state index contributed by atoms with van der Waals surface area (Å²) in [5.41, 5.74) is 5.05. The van der Waals surface area contributed by atoms with Crippen molar-refractivity contribution in [1.29, 1.82) is 0 Å². The third-order valence-electron chi connectivity index (χ3n) is 4.95. The zero-order chi connectivity index (χ0) is 16.9. The van der Waals surface area contributed by atoms with Crippen molar-refractivity contribution in [1.82, 2.24) is 4.90 Å². The lowest BCUT2D eigenvalue weighted by Crippen LogP contribution is -2.24. The minimum atomic E-state index is -0.0870. The number of halogens is 2. The molecule has 134 valence electrons. The molecule has 3 heteroatoms. The molecule has 1 atom stereocenters. The highest BCUT2D eigenvalue weighted by Gasteiger charge is 2.24. The molecule has 2 aromatic rings. The molecule has 25 heavy (non-hydrogen) atoms. The molecule has 0 amide bonds. The van der Waals surface area contributed by atoms with Crippen molar-refractivity contribution in [2.45, 2.75) is 38.1 Å². The summed E-state index contributed by atoms with van der Waals surface area (Å²) in [6.07, 6.45) is 5.37. The predicted octanol–water partition coefficient (Wildman–Crippen LogP) is 5.96. The maximum Gasteiger partial charge on any atom is 0.126 e. The lowest BCUT2D eigenvalue weighted by molar-refractivity contribution is 0.323. The van der Waals surface area contributed by atoms with Gasteiger partial charge >= 0.3 is 0 Å². The van der Waals surface area contributed by atoms with E-state index in [1.165, 1.54) is 29.6 Å². The van der Waals surface area contributed by atoms with Gasteiger partial charge in [0.15, 0.2) is 0 Å². The minimum Gasteiger partial charge on any atom is -0.299 e. The SMILES string of the molecule is CN(C)C(C1=C(Cc2ccccc2F)CCCC1)c1ccccc1.Cl. The van der Waals surface area contributed by atoms with Crippen molar-refractivity contribution < 1.29 is 4.39 Å². The number of hydrogen-bond donors (Lipinski definition) is 0. The van der Waals surface area contributed by atoms with Gasteiger partial charge in [-0.1, -0.05) is 54.1 Å². The van der Waals surface area contributed by atoms with E-state index in [1.807, 2.05) is 12.1 Å². The largest absolute Gasteiger partial charge is 0.299 e. The van der Waals surface area contributed by atoms with Gasteiger partial charge in [0.1, 0.15) is 5.82 Å². The third kappa shape index (κ3) is 4.71. The summed E-state index contributed by atoms with van der Waals surface area (Å²) in [5, 5.41) is 0. The fraction of sp³-hybridized carbons (Fsp3) is 0.364. The molecule has 0 aliphatic heterocycles. The Kier molecular flexibility index (Phi) is 7.22. The second kappa shape index (κ2) is 9.17. The van der Waals surface area contributed by atoms with Crippen molar-refractivity contribution in [2.24, 2.45) is 0 Å². The monoisotopic (exact) mass is 359 g/mol. The quantitative estimate of drug-likeness (QED) is 0.595. The average Bonchev–Trinajstić information content (AvgIpc) is 2.59. The van der Waals surface area contributed by atoms with E-state index < -0.39 is 0 Å². The van der Waals surface area contributed by atoms with Crippen LogP contribution in [0.4, 0.5) is 4.39 Å². The van der Waals surface area contributed by atoms with Crippen LogP contribution in [0.5, 0.6) is 0 Å². The van der Waals surface area contributed by atoms with Gasteiger partial charge in [-0.05, 0) is 69.0 Å². The van der Waals surface area contributed by atoms with Crippen LogP contribution < -0.4 is 0 Å². The van der Waals surface area contributed by atoms with E-state index in [-0.39, 0.29) is 24.3 Å². The van der Waals surface area contributed by atoms with Crippen molar-refractivity contribution >= 4 is 12.4 Å². The van der Waals surface area contributed by atoms with Crippen LogP contribution in [0.2, 0.25) is 0 Å². The van der Waals surface area contributed by atoms with Crippen molar-refractivity contribution in [3.05, 3.63) is 82.7 Å². The van der Waals surface area contributed by atoms with Crippen LogP contribution in [0.1, 0.15) is 42.9 Å². The Morgan fingerprint density at radius 2 is 1.56 bits per heavy atom. The molecule has 0 radical (unpaired) electrons. The molecule has 0 aromatic heterocycles. The first-order valence-corrected chi connectivity index (χ1v) is 8.82. The zero-order valence-corrected chi connectivity index (χ0v) is 15.9. The fourth-order valence-corrected chi connectivity index (χ4v) is 3.84. The van der Waals surface area contributed by atoms with E-state index in [4.69, 9.17) is 0 Å². The topological polar surface area (TPSA) is 3.24 Å². The highest BCUT2D eigenvalue weighted by atomic mass is 35.5.